The molecule has 136 valence electrons. The van der Waals surface area contributed by atoms with Crippen LogP contribution in [-0.4, -0.2) is 40.5 Å². The van der Waals surface area contributed by atoms with Crippen LogP contribution in [0.5, 0.6) is 11.5 Å². The van der Waals surface area contributed by atoms with Gasteiger partial charge in [0, 0.05) is 24.1 Å². The third-order valence-corrected chi connectivity index (χ3v) is 5.19. The number of aromatic hydroxyl groups is 2. The number of carbonyl (C=O) groups excluding carboxylic acids is 1. The molecule has 1 saturated heterocycles. The number of carbonyl (C=O) groups is 1. The van der Waals surface area contributed by atoms with E-state index in [1.54, 1.807) is 6.08 Å². The minimum Gasteiger partial charge on any atom is -0.504 e. The summed E-state index contributed by atoms with van der Waals surface area (Å²) >= 11 is 0. The van der Waals surface area contributed by atoms with Gasteiger partial charge in [0.1, 0.15) is 0 Å². The fraction of sp³-hybridized carbons (Fsp3) is 0.318. The Bertz CT molecular complexity index is 796. The summed E-state index contributed by atoms with van der Waals surface area (Å²) in [7, 11) is 0. The number of ketones is 1. The fourth-order valence-electron chi connectivity index (χ4n) is 3.73. The Balaban J connectivity index is 1.63. The summed E-state index contributed by atoms with van der Waals surface area (Å²) in [6.07, 6.45) is 10.3. The van der Waals surface area contributed by atoms with Gasteiger partial charge in [0.25, 0.3) is 0 Å². The smallest absolute Gasteiger partial charge is 0.189 e. The molecule has 0 radical (unpaired) electrons. The van der Waals surface area contributed by atoms with Crippen molar-refractivity contribution in [2.75, 3.05) is 19.6 Å². The highest BCUT2D eigenvalue weighted by molar-refractivity contribution is 6.13. The number of likely N-dealkylation sites (tertiary alicyclic amines) is 1. The molecule has 1 fully saturated rings. The highest BCUT2D eigenvalue weighted by atomic mass is 16.3. The van der Waals surface area contributed by atoms with Crippen LogP contribution in [0.1, 0.15) is 28.8 Å². The van der Waals surface area contributed by atoms with Gasteiger partial charge in [-0.25, -0.2) is 0 Å². The van der Waals surface area contributed by atoms with Crippen LogP contribution < -0.4 is 0 Å². The lowest BCUT2D eigenvalue weighted by molar-refractivity contribution is 0.103. The molecule has 4 heteroatoms. The highest BCUT2D eigenvalue weighted by Crippen LogP contribution is 2.36. The molecule has 0 saturated carbocycles. The first-order valence-corrected chi connectivity index (χ1v) is 8.98. The van der Waals surface area contributed by atoms with Crippen LogP contribution in [0.4, 0.5) is 0 Å². The topological polar surface area (TPSA) is 60.8 Å². The van der Waals surface area contributed by atoms with Crippen LogP contribution in [0, 0.1) is 5.92 Å². The first kappa shape index (κ1) is 18.2. The van der Waals surface area contributed by atoms with Crippen LogP contribution in [0.15, 0.2) is 60.7 Å². The summed E-state index contributed by atoms with van der Waals surface area (Å²) in [5.74, 6) is -0.0492. The minimum atomic E-state index is -0.239. The molecule has 2 N–H and O–H groups in total. The number of rotatable bonds is 5. The lowest BCUT2D eigenvalue weighted by atomic mass is 9.93. The van der Waals surface area contributed by atoms with E-state index in [2.05, 4.69) is 24.1 Å². The zero-order valence-electron chi connectivity index (χ0n) is 14.9. The predicted octanol–water partition coefficient (Wildman–Crippen LogP) is 3.77. The molecule has 1 aliphatic heterocycles. The van der Waals surface area contributed by atoms with Gasteiger partial charge in [-0.1, -0.05) is 37.5 Å². The van der Waals surface area contributed by atoms with Gasteiger partial charge in [-0.05, 0) is 55.1 Å². The second-order valence-electron chi connectivity index (χ2n) is 6.99. The van der Waals surface area contributed by atoms with Crippen molar-refractivity contribution in [3.63, 3.8) is 0 Å². The van der Waals surface area contributed by atoms with E-state index < -0.39 is 0 Å². The average molecular weight is 351 g/mol. The molecule has 0 spiro atoms. The Hall–Kier alpha value is -2.59. The standard InChI is InChI=1S/C22H25NO3/c1-3-5-15(4-2)14-23-8-6-16(7-9-23)10-18-11-17-12-20(24)21(25)13-19(17)22(18)26/h3-5,10,12-13,16,24-25H,1-2,6-9,11,14H2/b15-5+,18-10-. The van der Waals surface area contributed by atoms with Crippen molar-refractivity contribution in [1.29, 1.82) is 0 Å². The Morgan fingerprint density at radius 2 is 1.88 bits per heavy atom. The van der Waals surface area contributed by atoms with E-state index in [0.717, 1.165) is 49.2 Å². The number of hydrogen-bond donors (Lipinski definition) is 2. The summed E-state index contributed by atoms with van der Waals surface area (Å²) in [5.41, 5.74) is 3.24. The van der Waals surface area contributed by atoms with Gasteiger partial charge in [0.15, 0.2) is 17.3 Å². The maximum Gasteiger partial charge on any atom is 0.189 e. The summed E-state index contributed by atoms with van der Waals surface area (Å²) in [5, 5.41) is 19.3. The van der Waals surface area contributed by atoms with E-state index in [0.29, 0.717) is 17.9 Å². The summed E-state index contributed by atoms with van der Waals surface area (Å²) in [6.45, 7) is 10.4. The van der Waals surface area contributed by atoms with Crippen molar-refractivity contribution in [2.45, 2.75) is 19.3 Å². The van der Waals surface area contributed by atoms with Gasteiger partial charge in [-0.15, -0.1) is 0 Å². The van der Waals surface area contributed by atoms with Crippen molar-refractivity contribution < 1.29 is 15.0 Å². The van der Waals surface area contributed by atoms with Crippen LogP contribution >= 0.6 is 0 Å². The van der Waals surface area contributed by atoms with Crippen molar-refractivity contribution in [3.8, 4) is 11.5 Å². The largest absolute Gasteiger partial charge is 0.504 e. The zero-order valence-corrected chi connectivity index (χ0v) is 14.9. The van der Waals surface area contributed by atoms with E-state index >= 15 is 0 Å². The van der Waals surface area contributed by atoms with Gasteiger partial charge in [0.05, 0.1) is 0 Å². The molecule has 4 nitrogen and oxygen atoms in total. The second-order valence-corrected chi connectivity index (χ2v) is 6.99. The van der Waals surface area contributed by atoms with E-state index in [9.17, 15) is 15.0 Å². The van der Waals surface area contributed by atoms with Crippen molar-refractivity contribution >= 4 is 5.78 Å². The molecule has 0 unspecified atom stereocenters. The quantitative estimate of drug-likeness (QED) is 0.482. The Labute approximate surface area is 154 Å². The first-order chi connectivity index (χ1) is 12.5. The molecular weight excluding hydrogens is 326 g/mol. The predicted molar refractivity (Wildman–Crippen MR) is 104 cm³/mol. The fourth-order valence-corrected chi connectivity index (χ4v) is 3.73. The van der Waals surface area contributed by atoms with Gasteiger partial charge in [0.2, 0.25) is 0 Å². The molecule has 3 rings (SSSR count). The number of piperidine rings is 1. The molecule has 0 bridgehead atoms. The van der Waals surface area contributed by atoms with Crippen molar-refractivity contribution in [3.05, 3.63) is 71.9 Å². The van der Waals surface area contributed by atoms with Gasteiger partial charge < -0.3 is 10.2 Å². The lowest BCUT2D eigenvalue weighted by Gasteiger charge is -2.31. The molecule has 1 aromatic carbocycles. The SMILES string of the molecule is C=C/C=C(\C=C)CN1CCC(/C=C2/Cc3cc(O)c(O)cc3C2=O)CC1. The highest BCUT2D eigenvalue weighted by Gasteiger charge is 2.28. The van der Waals surface area contributed by atoms with E-state index in [4.69, 9.17) is 0 Å². The number of hydrogen-bond acceptors (Lipinski definition) is 4. The van der Waals surface area contributed by atoms with E-state index in [1.165, 1.54) is 12.1 Å². The van der Waals surface area contributed by atoms with Gasteiger partial charge >= 0.3 is 0 Å². The first-order valence-electron chi connectivity index (χ1n) is 8.98. The third kappa shape index (κ3) is 3.81. The number of phenolic OH excluding ortho intramolecular Hbond substituents is 2. The monoisotopic (exact) mass is 351 g/mol. The van der Waals surface area contributed by atoms with Crippen molar-refractivity contribution in [1.82, 2.24) is 4.90 Å². The second kappa shape index (κ2) is 7.75. The molecule has 0 atom stereocenters. The Morgan fingerprint density at radius 1 is 1.19 bits per heavy atom. The van der Waals surface area contributed by atoms with Gasteiger partial charge in [-0.2, -0.15) is 0 Å². The number of phenols is 2. The number of allylic oxidation sites excluding steroid dienone is 4. The molecule has 1 aromatic rings. The van der Waals surface area contributed by atoms with Crippen LogP contribution in [-0.2, 0) is 6.42 Å². The molecule has 1 aliphatic carbocycles. The summed E-state index contributed by atoms with van der Waals surface area (Å²) in [4.78, 5) is 15.0. The number of benzene rings is 1. The van der Waals surface area contributed by atoms with Crippen LogP contribution in [0.2, 0.25) is 0 Å². The minimum absolute atomic E-state index is 0.0272. The van der Waals surface area contributed by atoms with Crippen LogP contribution in [0.3, 0.4) is 0 Å². The number of Topliss-reactive ketones (excluding diaryl/α,β-unsaturated/α-hetero) is 1. The average Bonchev–Trinajstić information content (AvgIpc) is 2.92. The lowest BCUT2D eigenvalue weighted by Crippen LogP contribution is -2.34. The maximum absolute atomic E-state index is 12.6. The Kier molecular flexibility index (Phi) is 5.43. The van der Waals surface area contributed by atoms with E-state index in [1.807, 2.05) is 12.2 Å². The van der Waals surface area contributed by atoms with Crippen molar-refractivity contribution in [2.24, 2.45) is 5.92 Å². The zero-order chi connectivity index (χ0) is 18.7. The Morgan fingerprint density at radius 3 is 2.54 bits per heavy atom. The summed E-state index contributed by atoms with van der Waals surface area (Å²) < 4.78 is 0. The van der Waals surface area contributed by atoms with Gasteiger partial charge in [-0.3, -0.25) is 9.69 Å². The molecule has 26 heavy (non-hydrogen) atoms. The molecule has 0 aromatic heterocycles. The third-order valence-electron chi connectivity index (χ3n) is 5.19. The number of nitrogens with zero attached hydrogens (tertiary/aromatic N) is 1. The summed E-state index contributed by atoms with van der Waals surface area (Å²) in [6, 6.07) is 2.87. The van der Waals surface area contributed by atoms with E-state index in [-0.39, 0.29) is 17.3 Å². The molecule has 1 heterocycles. The molecular formula is C22H25NO3. The van der Waals surface area contributed by atoms with Crippen LogP contribution in [0.25, 0.3) is 0 Å². The normalized spacial score (nSPS) is 20.4. The molecule has 0 amide bonds. The maximum atomic E-state index is 12.6. The number of fused-ring (bicyclic) bond motifs is 1. The molecule has 2 aliphatic rings.